The first-order valence-corrected chi connectivity index (χ1v) is 7.13. The summed E-state index contributed by atoms with van der Waals surface area (Å²) < 4.78 is 27.7. The molecule has 0 aliphatic heterocycles. The van der Waals surface area contributed by atoms with Crippen LogP contribution in [0.3, 0.4) is 0 Å². The van der Waals surface area contributed by atoms with Crippen LogP contribution in [-0.2, 0) is 23.6 Å². The fraction of sp³-hybridized carbons (Fsp3) is 0.500. The van der Waals surface area contributed by atoms with Gasteiger partial charge in [-0.2, -0.15) is 4.31 Å². The molecule has 102 valence electrons. The fourth-order valence-corrected chi connectivity index (χ4v) is 3.05. The maximum absolute atomic E-state index is 12.3. The predicted molar refractivity (Wildman–Crippen MR) is 72.8 cm³/mol. The third kappa shape index (κ3) is 3.22. The molecule has 0 saturated carbocycles. The van der Waals surface area contributed by atoms with Gasteiger partial charge in [-0.25, -0.2) is 8.42 Å². The average Bonchev–Trinajstić information content (AvgIpc) is 2.60. The number of rotatable bonds is 6. The minimum atomic E-state index is -3.43. The standard InChI is InChI=1S/C12H21N3O2S/c1-10(2)8-15(5)18(16,17)12-6-11(7-13-3)14(4)9-12/h6,9,13H,1,7-8H2,2-5H3. The minimum Gasteiger partial charge on any atom is -0.352 e. The minimum absolute atomic E-state index is 0.319. The van der Waals surface area contributed by atoms with Crippen molar-refractivity contribution in [1.29, 1.82) is 0 Å². The van der Waals surface area contributed by atoms with Gasteiger partial charge in [-0.05, 0) is 20.0 Å². The maximum atomic E-state index is 12.3. The molecule has 0 bridgehead atoms. The molecule has 18 heavy (non-hydrogen) atoms. The van der Waals surface area contributed by atoms with E-state index in [4.69, 9.17) is 0 Å². The molecule has 1 heterocycles. The highest BCUT2D eigenvalue weighted by atomic mass is 32.2. The quantitative estimate of drug-likeness (QED) is 0.784. The first-order chi connectivity index (χ1) is 8.28. The summed E-state index contributed by atoms with van der Waals surface area (Å²) in [5.41, 5.74) is 1.74. The number of hydrogen-bond acceptors (Lipinski definition) is 3. The Morgan fingerprint density at radius 3 is 2.67 bits per heavy atom. The van der Waals surface area contributed by atoms with Crippen molar-refractivity contribution in [3.63, 3.8) is 0 Å². The molecule has 1 aromatic rings. The summed E-state index contributed by atoms with van der Waals surface area (Å²) >= 11 is 0. The Balaban J connectivity index is 3.05. The fourth-order valence-electron chi connectivity index (χ4n) is 1.72. The van der Waals surface area contributed by atoms with Crippen molar-refractivity contribution in [3.05, 3.63) is 30.1 Å². The van der Waals surface area contributed by atoms with E-state index in [9.17, 15) is 8.42 Å². The molecule has 0 amide bonds. The van der Waals surface area contributed by atoms with Crippen molar-refractivity contribution < 1.29 is 8.42 Å². The van der Waals surface area contributed by atoms with E-state index in [1.807, 2.05) is 25.6 Å². The van der Waals surface area contributed by atoms with Crippen LogP contribution in [0.15, 0.2) is 29.3 Å². The first kappa shape index (κ1) is 14.9. The Hall–Kier alpha value is -1.11. The van der Waals surface area contributed by atoms with Crippen LogP contribution in [0.5, 0.6) is 0 Å². The van der Waals surface area contributed by atoms with Gasteiger partial charge in [0, 0.05) is 39.1 Å². The summed E-state index contributed by atoms with van der Waals surface area (Å²) in [6.45, 7) is 6.51. The summed E-state index contributed by atoms with van der Waals surface area (Å²) in [6, 6.07) is 1.70. The van der Waals surface area contributed by atoms with Crippen LogP contribution in [0.2, 0.25) is 0 Å². The van der Waals surface area contributed by atoms with E-state index in [0.717, 1.165) is 11.3 Å². The second-order valence-corrected chi connectivity index (χ2v) is 6.57. The zero-order valence-electron chi connectivity index (χ0n) is 11.4. The smallest absolute Gasteiger partial charge is 0.244 e. The number of nitrogens with one attached hydrogen (secondary N) is 1. The maximum Gasteiger partial charge on any atom is 0.244 e. The molecule has 1 N–H and O–H groups in total. The lowest BCUT2D eigenvalue weighted by Crippen LogP contribution is -2.28. The van der Waals surface area contributed by atoms with Crippen molar-refractivity contribution in [1.82, 2.24) is 14.2 Å². The van der Waals surface area contributed by atoms with Gasteiger partial charge < -0.3 is 9.88 Å². The van der Waals surface area contributed by atoms with Crippen LogP contribution in [0, 0.1) is 0 Å². The number of nitrogens with zero attached hydrogens (tertiary/aromatic N) is 2. The Bertz CT molecular complexity index is 532. The molecule has 6 heteroatoms. The van der Waals surface area contributed by atoms with E-state index in [0.29, 0.717) is 18.0 Å². The lowest BCUT2D eigenvalue weighted by molar-refractivity contribution is 0.493. The molecule has 0 fully saturated rings. The summed E-state index contributed by atoms with van der Waals surface area (Å²) in [6.07, 6.45) is 1.64. The largest absolute Gasteiger partial charge is 0.352 e. The summed E-state index contributed by atoms with van der Waals surface area (Å²) in [5.74, 6) is 0. The Labute approximate surface area is 109 Å². The molecular weight excluding hydrogens is 250 g/mol. The normalized spacial score (nSPS) is 12.1. The number of sulfonamides is 1. The van der Waals surface area contributed by atoms with E-state index in [-0.39, 0.29) is 0 Å². The van der Waals surface area contributed by atoms with E-state index in [1.54, 1.807) is 19.3 Å². The van der Waals surface area contributed by atoms with Gasteiger partial charge in [-0.3, -0.25) is 0 Å². The molecule has 0 aliphatic carbocycles. The van der Waals surface area contributed by atoms with E-state index in [2.05, 4.69) is 11.9 Å². The monoisotopic (exact) mass is 271 g/mol. The second-order valence-electron chi connectivity index (χ2n) is 4.53. The highest BCUT2D eigenvalue weighted by Crippen LogP contribution is 2.18. The topological polar surface area (TPSA) is 54.3 Å². The molecule has 5 nitrogen and oxygen atoms in total. The summed E-state index contributed by atoms with van der Waals surface area (Å²) in [7, 11) is 1.80. The van der Waals surface area contributed by atoms with Crippen LogP contribution >= 0.6 is 0 Å². The third-order valence-corrected chi connectivity index (χ3v) is 4.41. The zero-order chi connectivity index (χ0) is 13.9. The lowest BCUT2D eigenvalue weighted by atomic mass is 10.4. The molecular formula is C12H21N3O2S. The molecule has 0 aliphatic rings. The molecule has 0 radical (unpaired) electrons. The highest BCUT2D eigenvalue weighted by molar-refractivity contribution is 7.89. The van der Waals surface area contributed by atoms with Crippen molar-refractivity contribution in [2.24, 2.45) is 7.05 Å². The van der Waals surface area contributed by atoms with E-state index in [1.165, 1.54) is 4.31 Å². The Kier molecular flexibility index (Phi) is 4.72. The van der Waals surface area contributed by atoms with Gasteiger partial charge >= 0.3 is 0 Å². The molecule has 0 aromatic carbocycles. The SMILES string of the molecule is C=C(C)CN(C)S(=O)(=O)c1cc(CNC)n(C)c1. The second kappa shape index (κ2) is 5.69. The van der Waals surface area contributed by atoms with Gasteiger partial charge in [0.1, 0.15) is 4.90 Å². The predicted octanol–water partition coefficient (Wildman–Crippen LogP) is 0.941. The lowest BCUT2D eigenvalue weighted by Gasteiger charge is -2.15. The van der Waals surface area contributed by atoms with Gasteiger partial charge in [-0.1, -0.05) is 12.2 Å². The average molecular weight is 271 g/mol. The number of hydrogen-bond donors (Lipinski definition) is 1. The third-order valence-electron chi connectivity index (χ3n) is 2.64. The molecule has 0 unspecified atom stereocenters. The number of aryl methyl sites for hydroxylation is 1. The van der Waals surface area contributed by atoms with Crippen LogP contribution < -0.4 is 5.32 Å². The van der Waals surface area contributed by atoms with Gasteiger partial charge in [0.15, 0.2) is 0 Å². The van der Waals surface area contributed by atoms with Gasteiger partial charge in [-0.15, -0.1) is 0 Å². The van der Waals surface area contributed by atoms with Crippen molar-refractivity contribution in [2.75, 3.05) is 20.6 Å². The number of aromatic nitrogens is 1. The summed E-state index contributed by atoms with van der Waals surface area (Å²) in [4.78, 5) is 0.319. The molecule has 1 rings (SSSR count). The van der Waals surface area contributed by atoms with Crippen molar-refractivity contribution in [2.45, 2.75) is 18.4 Å². The van der Waals surface area contributed by atoms with Gasteiger partial charge in [0.05, 0.1) is 0 Å². The van der Waals surface area contributed by atoms with Crippen LogP contribution in [0.4, 0.5) is 0 Å². The molecule has 0 saturated heterocycles. The Morgan fingerprint density at radius 1 is 1.56 bits per heavy atom. The van der Waals surface area contributed by atoms with Crippen molar-refractivity contribution >= 4 is 10.0 Å². The van der Waals surface area contributed by atoms with E-state index >= 15 is 0 Å². The van der Waals surface area contributed by atoms with Crippen LogP contribution in [0.25, 0.3) is 0 Å². The number of likely N-dealkylation sites (N-methyl/N-ethyl adjacent to an activating group) is 1. The van der Waals surface area contributed by atoms with E-state index < -0.39 is 10.0 Å². The zero-order valence-corrected chi connectivity index (χ0v) is 12.2. The van der Waals surface area contributed by atoms with Crippen LogP contribution in [-0.4, -0.2) is 37.9 Å². The first-order valence-electron chi connectivity index (χ1n) is 5.69. The van der Waals surface area contributed by atoms with Gasteiger partial charge in [0.2, 0.25) is 10.0 Å². The molecule has 1 aromatic heterocycles. The summed E-state index contributed by atoms with van der Waals surface area (Å²) in [5, 5.41) is 3.01. The molecule has 0 spiro atoms. The van der Waals surface area contributed by atoms with Crippen LogP contribution in [0.1, 0.15) is 12.6 Å². The Morgan fingerprint density at radius 2 is 2.17 bits per heavy atom. The van der Waals surface area contributed by atoms with Crippen molar-refractivity contribution in [3.8, 4) is 0 Å². The molecule has 0 atom stereocenters. The highest BCUT2D eigenvalue weighted by Gasteiger charge is 2.22. The van der Waals surface area contributed by atoms with Gasteiger partial charge in [0.25, 0.3) is 0 Å².